The van der Waals surface area contributed by atoms with Crippen LogP contribution in [-0.4, -0.2) is 26.9 Å². The molecule has 5 rings (SSSR count). The third kappa shape index (κ3) is 3.65. The molecule has 0 aromatic heterocycles. The molecule has 1 atom stereocenters. The molecule has 0 unspecified atom stereocenters. The Morgan fingerprint density at radius 2 is 1.75 bits per heavy atom. The molecule has 154 valence electrons. The average Bonchev–Trinajstić information content (AvgIpc) is 2.60. The zero-order valence-corrected chi connectivity index (χ0v) is 18.9. The van der Waals surface area contributed by atoms with E-state index in [4.69, 9.17) is 0 Å². The van der Waals surface area contributed by atoms with E-state index in [1.54, 1.807) is 13.0 Å². The normalized spacial score (nSPS) is 32.3. The Labute approximate surface area is 176 Å². The summed E-state index contributed by atoms with van der Waals surface area (Å²) in [6, 6.07) is 4.70. The lowest BCUT2D eigenvalue weighted by molar-refractivity contribution is -0.0688. The molecule has 1 amide bonds. The van der Waals surface area contributed by atoms with Crippen molar-refractivity contribution in [2.75, 3.05) is 6.54 Å². The molecule has 0 aliphatic heterocycles. The summed E-state index contributed by atoms with van der Waals surface area (Å²) in [6.45, 7) is 4.18. The second-order valence-corrected chi connectivity index (χ2v) is 11.7. The highest BCUT2D eigenvalue weighted by Crippen LogP contribution is 2.61. The van der Waals surface area contributed by atoms with Crippen molar-refractivity contribution in [3.05, 3.63) is 28.2 Å². The molecule has 2 N–H and O–H groups in total. The highest BCUT2D eigenvalue weighted by molar-refractivity contribution is 9.10. The number of nitrogens with one attached hydrogen (secondary N) is 2. The van der Waals surface area contributed by atoms with Crippen molar-refractivity contribution < 1.29 is 13.2 Å². The van der Waals surface area contributed by atoms with Crippen LogP contribution in [0.25, 0.3) is 0 Å². The summed E-state index contributed by atoms with van der Waals surface area (Å²) in [5.74, 6) is 2.27. The summed E-state index contributed by atoms with van der Waals surface area (Å²) in [5.41, 5.74) is 0.584. The molecule has 4 aliphatic carbocycles. The van der Waals surface area contributed by atoms with Gasteiger partial charge in [-0.25, -0.2) is 13.1 Å². The quantitative estimate of drug-likeness (QED) is 0.659. The van der Waals surface area contributed by atoms with Crippen LogP contribution in [-0.2, 0) is 10.0 Å². The number of sulfonamides is 1. The van der Waals surface area contributed by atoms with Gasteiger partial charge in [0.25, 0.3) is 5.91 Å². The van der Waals surface area contributed by atoms with Gasteiger partial charge in [0.2, 0.25) is 10.0 Å². The number of halogens is 1. The van der Waals surface area contributed by atoms with Gasteiger partial charge in [-0.15, -0.1) is 0 Å². The lowest BCUT2D eigenvalue weighted by atomic mass is 9.48. The molecule has 0 saturated heterocycles. The van der Waals surface area contributed by atoms with E-state index in [1.165, 1.54) is 50.7 Å². The van der Waals surface area contributed by atoms with Crippen molar-refractivity contribution in [1.29, 1.82) is 0 Å². The number of carbonyl (C=O) groups excluding carboxylic acids is 1. The molecule has 4 saturated carbocycles. The third-order valence-electron chi connectivity index (χ3n) is 7.18. The predicted molar refractivity (Wildman–Crippen MR) is 113 cm³/mol. The molecule has 4 aliphatic rings. The number of carbonyl (C=O) groups is 1. The number of hydrogen-bond donors (Lipinski definition) is 2. The largest absolute Gasteiger partial charge is 0.349 e. The summed E-state index contributed by atoms with van der Waals surface area (Å²) in [6.07, 6.45) is 7.77. The van der Waals surface area contributed by atoms with E-state index >= 15 is 0 Å². The minimum Gasteiger partial charge on any atom is -0.349 e. The van der Waals surface area contributed by atoms with Gasteiger partial charge in [-0.1, -0.05) is 6.92 Å². The number of rotatable bonds is 6. The van der Waals surface area contributed by atoms with Crippen LogP contribution in [0.15, 0.2) is 27.6 Å². The van der Waals surface area contributed by atoms with Crippen molar-refractivity contribution in [3.63, 3.8) is 0 Å². The minimum absolute atomic E-state index is 0.0920. The fourth-order valence-corrected chi connectivity index (χ4v) is 7.75. The van der Waals surface area contributed by atoms with Gasteiger partial charge in [0.05, 0.1) is 10.5 Å². The van der Waals surface area contributed by atoms with E-state index < -0.39 is 10.0 Å². The highest BCUT2D eigenvalue weighted by atomic mass is 79.9. The second-order valence-electron chi connectivity index (χ2n) is 9.12. The number of amides is 1. The highest BCUT2D eigenvalue weighted by Gasteiger charge is 2.53. The van der Waals surface area contributed by atoms with Crippen molar-refractivity contribution in [1.82, 2.24) is 10.0 Å². The van der Waals surface area contributed by atoms with E-state index in [0.29, 0.717) is 16.6 Å². The number of benzene rings is 1. The SMILES string of the molecule is CCNS(=O)(=O)c1ccc(Br)c(C(=O)N[C@H](C)C23CC4CC(CC(C4)C2)C3)c1. The number of hydrogen-bond acceptors (Lipinski definition) is 3. The molecule has 0 spiro atoms. The van der Waals surface area contributed by atoms with Gasteiger partial charge in [-0.2, -0.15) is 0 Å². The van der Waals surface area contributed by atoms with Crippen molar-refractivity contribution >= 4 is 31.9 Å². The van der Waals surface area contributed by atoms with Gasteiger partial charge < -0.3 is 5.32 Å². The lowest BCUT2D eigenvalue weighted by Crippen LogP contribution is -2.55. The maximum Gasteiger partial charge on any atom is 0.252 e. The molecule has 0 heterocycles. The average molecular weight is 469 g/mol. The topological polar surface area (TPSA) is 75.3 Å². The first-order valence-corrected chi connectivity index (χ1v) is 12.6. The zero-order chi connectivity index (χ0) is 20.1. The Balaban J connectivity index is 1.54. The van der Waals surface area contributed by atoms with Crippen LogP contribution in [0.2, 0.25) is 0 Å². The summed E-state index contributed by atoms with van der Waals surface area (Å²) in [5, 5.41) is 3.22. The molecule has 4 bridgehead atoms. The van der Waals surface area contributed by atoms with Crippen LogP contribution in [0.3, 0.4) is 0 Å². The molecule has 28 heavy (non-hydrogen) atoms. The van der Waals surface area contributed by atoms with Gasteiger partial charge in [0.1, 0.15) is 0 Å². The van der Waals surface area contributed by atoms with Crippen LogP contribution in [0.5, 0.6) is 0 Å². The zero-order valence-electron chi connectivity index (χ0n) is 16.5. The van der Waals surface area contributed by atoms with E-state index in [9.17, 15) is 13.2 Å². The van der Waals surface area contributed by atoms with Gasteiger partial charge in [0, 0.05) is 17.1 Å². The first-order chi connectivity index (χ1) is 13.2. The lowest BCUT2D eigenvalue weighted by Gasteiger charge is -2.59. The minimum atomic E-state index is -3.60. The van der Waals surface area contributed by atoms with E-state index in [1.807, 2.05) is 0 Å². The monoisotopic (exact) mass is 468 g/mol. The Morgan fingerprint density at radius 1 is 1.18 bits per heavy atom. The van der Waals surface area contributed by atoms with Crippen molar-refractivity contribution in [3.8, 4) is 0 Å². The summed E-state index contributed by atoms with van der Waals surface area (Å²) < 4.78 is 27.7. The molecular formula is C21H29BrN2O3S. The van der Waals surface area contributed by atoms with E-state index in [-0.39, 0.29) is 22.3 Å². The first-order valence-electron chi connectivity index (χ1n) is 10.3. The maximum absolute atomic E-state index is 13.0. The van der Waals surface area contributed by atoms with Crippen LogP contribution in [0.4, 0.5) is 0 Å². The smallest absolute Gasteiger partial charge is 0.252 e. The molecule has 1 aromatic carbocycles. The Bertz CT molecular complexity index is 848. The molecular weight excluding hydrogens is 440 g/mol. The molecule has 5 nitrogen and oxygen atoms in total. The van der Waals surface area contributed by atoms with Crippen LogP contribution in [0.1, 0.15) is 62.7 Å². The fraction of sp³-hybridized carbons (Fsp3) is 0.667. The second kappa shape index (κ2) is 7.40. The predicted octanol–water partition coefficient (Wildman–Crippen LogP) is 4.08. The van der Waals surface area contributed by atoms with Gasteiger partial charge in [-0.3, -0.25) is 4.79 Å². The van der Waals surface area contributed by atoms with Crippen LogP contribution < -0.4 is 10.0 Å². The Morgan fingerprint density at radius 3 is 2.29 bits per heavy atom. The third-order valence-corrected chi connectivity index (χ3v) is 9.41. The maximum atomic E-state index is 13.0. The van der Waals surface area contributed by atoms with Crippen LogP contribution in [0, 0.1) is 23.2 Å². The molecule has 4 fully saturated rings. The summed E-state index contributed by atoms with van der Waals surface area (Å²) in [4.78, 5) is 13.2. The molecule has 7 heteroatoms. The standard InChI is InChI=1S/C21H29BrN2O3S/c1-3-23-28(26,27)17-4-5-19(22)18(9-17)20(25)24-13(2)21-10-14-6-15(11-21)8-16(7-14)12-21/h4-5,9,13-16,23H,3,6-8,10-12H2,1-2H3,(H,24,25)/t13-,14?,15?,16?,21?/m1/s1. The molecule has 0 radical (unpaired) electrons. The van der Waals surface area contributed by atoms with Crippen molar-refractivity contribution in [2.45, 2.75) is 63.3 Å². The molecule has 1 aromatic rings. The van der Waals surface area contributed by atoms with Gasteiger partial charge in [0.15, 0.2) is 0 Å². The van der Waals surface area contributed by atoms with Crippen molar-refractivity contribution in [2.24, 2.45) is 23.2 Å². The van der Waals surface area contributed by atoms with Gasteiger partial charge in [-0.05, 0) is 103 Å². The summed E-state index contributed by atoms with van der Waals surface area (Å²) in [7, 11) is -3.60. The van der Waals surface area contributed by atoms with E-state index in [0.717, 1.165) is 17.8 Å². The first kappa shape index (κ1) is 20.4. The fourth-order valence-electron chi connectivity index (χ4n) is 6.25. The van der Waals surface area contributed by atoms with Gasteiger partial charge >= 0.3 is 0 Å². The Kier molecular flexibility index (Phi) is 5.38. The van der Waals surface area contributed by atoms with Crippen LogP contribution >= 0.6 is 15.9 Å². The summed E-state index contributed by atoms with van der Waals surface area (Å²) >= 11 is 3.41. The Hall–Kier alpha value is -0.920. The van der Waals surface area contributed by atoms with E-state index in [2.05, 4.69) is 32.9 Å².